The van der Waals surface area contributed by atoms with Crippen molar-refractivity contribution in [2.45, 2.75) is 57.5 Å². The van der Waals surface area contributed by atoms with Gasteiger partial charge in [-0.1, -0.05) is 12.1 Å². The molecule has 0 radical (unpaired) electrons. The molecule has 3 aliphatic rings. The number of fused-ring (bicyclic) bond motifs is 1. The lowest BCUT2D eigenvalue weighted by Gasteiger charge is -2.46. The number of piperazine rings is 1. The molecule has 3 aliphatic heterocycles. The van der Waals surface area contributed by atoms with E-state index in [4.69, 9.17) is 5.10 Å². The lowest BCUT2D eigenvalue weighted by molar-refractivity contribution is -0.134. The van der Waals surface area contributed by atoms with Crippen LogP contribution in [-0.4, -0.2) is 87.4 Å². The first kappa shape index (κ1) is 24.5. The van der Waals surface area contributed by atoms with Crippen LogP contribution < -0.4 is 10.2 Å². The molecule has 2 aromatic rings. The van der Waals surface area contributed by atoms with E-state index in [1.165, 1.54) is 4.90 Å². The number of carbonyl (C=O) groups is 3. The van der Waals surface area contributed by atoms with Gasteiger partial charge in [-0.25, -0.2) is 4.79 Å². The number of rotatable bonds is 4. The maximum atomic E-state index is 12.5. The Labute approximate surface area is 211 Å². The highest BCUT2D eigenvalue weighted by atomic mass is 16.4. The summed E-state index contributed by atoms with van der Waals surface area (Å²) in [5.74, 6) is -0.303. The van der Waals surface area contributed by atoms with E-state index in [9.17, 15) is 19.5 Å². The second-order valence-electron chi connectivity index (χ2n) is 10.7. The predicted molar refractivity (Wildman–Crippen MR) is 136 cm³/mol. The summed E-state index contributed by atoms with van der Waals surface area (Å²) in [7, 11) is 1.92. The topological polar surface area (TPSA) is 111 Å². The van der Waals surface area contributed by atoms with Gasteiger partial charge in [-0.2, -0.15) is 5.10 Å². The number of hydrogen-bond donors (Lipinski definition) is 2. The average Bonchev–Trinajstić information content (AvgIpc) is 3.18. The van der Waals surface area contributed by atoms with Gasteiger partial charge < -0.3 is 14.9 Å². The van der Waals surface area contributed by atoms with E-state index in [0.717, 1.165) is 54.8 Å². The Kier molecular flexibility index (Phi) is 6.63. The number of aromatic nitrogens is 2. The van der Waals surface area contributed by atoms with Gasteiger partial charge in [-0.15, -0.1) is 0 Å². The summed E-state index contributed by atoms with van der Waals surface area (Å²) < 4.78 is 1.88. The zero-order valence-electron chi connectivity index (χ0n) is 21.3. The Morgan fingerprint density at radius 1 is 1.11 bits per heavy atom. The molecule has 5 rings (SSSR count). The molecule has 10 heteroatoms. The normalized spacial score (nSPS) is 26.5. The molecular formula is C26H36N6O4. The SMILES string of the molecule is C[C@@H]1CN(C(=O)O)C[C@H](C)N1CC1CCN(c2cccc3c(C4CCC(=O)NC4=O)nn(C)c23)CC1. The predicted octanol–water partition coefficient (Wildman–Crippen LogP) is 2.38. The van der Waals surface area contributed by atoms with E-state index < -0.39 is 12.0 Å². The first-order valence-corrected chi connectivity index (χ1v) is 13.0. The molecule has 0 bridgehead atoms. The number of aryl methyl sites for hydroxylation is 1. The van der Waals surface area contributed by atoms with Gasteiger partial charge in [0.05, 0.1) is 22.8 Å². The van der Waals surface area contributed by atoms with Crippen LogP contribution in [0.25, 0.3) is 10.9 Å². The minimum absolute atomic E-state index is 0.215. The molecule has 0 spiro atoms. The van der Waals surface area contributed by atoms with E-state index in [1.807, 2.05) is 23.9 Å². The number of amides is 3. The van der Waals surface area contributed by atoms with E-state index in [-0.39, 0.29) is 23.9 Å². The van der Waals surface area contributed by atoms with Crippen molar-refractivity contribution in [1.82, 2.24) is 24.9 Å². The molecule has 1 aromatic carbocycles. The smallest absolute Gasteiger partial charge is 0.407 e. The third kappa shape index (κ3) is 4.54. The molecule has 0 saturated carbocycles. The Hall–Kier alpha value is -3.14. The summed E-state index contributed by atoms with van der Waals surface area (Å²) >= 11 is 0. The van der Waals surface area contributed by atoms with E-state index in [0.29, 0.717) is 31.8 Å². The molecule has 3 fully saturated rings. The number of para-hydroxylation sites is 1. The number of nitrogens with zero attached hydrogens (tertiary/aromatic N) is 5. The quantitative estimate of drug-likeness (QED) is 0.625. The van der Waals surface area contributed by atoms with E-state index >= 15 is 0 Å². The summed E-state index contributed by atoms with van der Waals surface area (Å²) in [6.07, 6.45) is 2.15. The van der Waals surface area contributed by atoms with Gasteiger partial charge in [-0.05, 0) is 45.1 Å². The number of hydrogen-bond acceptors (Lipinski definition) is 6. The lowest BCUT2D eigenvalue weighted by atomic mass is 9.92. The number of anilines is 1. The van der Waals surface area contributed by atoms with Crippen molar-refractivity contribution < 1.29 is 19.5 Å². The first-order chi connectivity index (χ1) is 17.2. The molecule has 1 unspecified atom stereocenters. The number of benzene rings is 1. The third-order valence-corrected chi connectivity index (χ3v) is 8.24. The fourth-order valence-corrected chi connectivity index (χ4v) is 6.34. The average molecular weight is 497 g/mol. The maximum Gasteiger partial charge on any atom is 0.407 e. The molecule has 0 aliphatic carbocycles. The van der Waals surface area contributed by atoms with Crippen LogP contribution in [0.2, 0.25) is 0 Å². The van der Waals surface area contributed by atoms with Gasteiger partial charge in [0.1, 0.15) is 0 Å². The van der Waals surface area contributed by atoms with Gasteiger partial charge >= 0.3 is 6.09 Å². The van der Waals surface area contributed by atoms with Crippen molar-refractivity contribution in [2.24, 2.45) is 13.0 Å². The van der Waals surface area contributed by atoms with Crippen LogP contribution in [0.1, 0.15) is 51.1 Å². The number of carbonyl (C=O) groups excluding carboxylic acids is 2. The minimum atomic E-state index is -0.827. The van der Waals surface area contributed by atoms with Crippen LogP contribution in [0.4, 0.5) is 10.5 Å². The number of carboxylic acid groups (broad SMARTS) is 1. The van der Waals surface area contributed by atoms with E-state index in [2.05, 4.69) is 35.0 Å². The van der Waals surface area contributed by atoms with Gasteiger partial charge in [0.25, 0.3) is 0 Å². The van der Waals surface area contributed by atoms with Crippen molar-refractivity contribution in [3.8, 4) is 0 Å². The first-order valence-electron chi connectivity index (χ1n) is 13.0. The molecule has 36 heavy (non-hydrogen) atoms. The highest BCUT2D eigenvalue weighted by Crippen LogP contribution is 2.36. The van der Waals surface area contributed by atoms with Crippen molar-refractivity contribution >= 4 is 34.5 Å². The second-order valence-corrected chi connectivity index (χ2v) is 10.7. The van der Waals surface area contributed by atoms with Gasteiger partial charge in [0.2, 0.25) is 11.8 Å². The van der Waals surface area contributed by atoms with Crippen LogP contribution >= 0.6 is 0 Å². The molecule has 3 saturated heterocycles. The highest BCUT2D eigenvalue weighted by Gasteiger charge is 2.35. The molecule has 194 valence electrons. The zero-order chi connectivity index (χ0) is 25.6. The molecule has 3 atom stereocenters. The number of nitrogens with one attached hydrogen (secondary N) is 1. The monoisotopic (exact) mass is 496 g/mol. The summed E-state index contributed by atoms with van der Waals surface area (Å²) in [5.41, 5.74) is 2.91. The number of imide groups is 1. The van der Waals surface area contributed by atoms with Crippen molar-refractivity contribution in [3.05, 3.63) is 23.9 Å². The molecule has 10 nitrogen and oxygen atoms in total. The van der Waals surface area contributed by atoms with Crippen LogP contribution in [0.3, 0.4) is 0 Å². The van der Waals surface area contributed by atoms with Crippen molar-refractivity contribution in [1.29, 1.82) is 0 Å². The third-order valence-electron chi connectivity index (χ3n) is 8.24. The molecule has 4 heterocycles. The molecule has 3 amide bonds. The highest BCUT2D eigenvalue weighted by molar-refractivity contribution is 6.03. The fourth-order valence-electron chi connectivity index (χ4n) is 6.34. The summed E-state index contributed by atoms with van der Waals surface area (Å²) in [6.45, 7) is 8.28. The maximum absolute atomic E-state index is 12.5. The van der Waals surface area contributed by atoms with Crippen molar-refractivity contribution in [2.75, 3.05) is 37.6 Å². The van der Waals surface area contributed by atoms with Crippen LogP contribution in [-0.2, 0) is 16.6 Å². The summed E-state index contributed by atoms with van der Waals surface area (Å²) in [4.78, 5) is 42.0. The second kappa shape index (κ2) is 9.72. The molecule has 2 N–H and O–H groups in total. The molecule has 1 aromatic heterocycles. The Morgan fingerprint density at radius 2 is 1.81 bits per heavy atom. The van der Waals surface area contributed by atoms with Crippen LogP contribution in [0.15, 0.2) is 18.2 Å². The summed E-state index contributed by atoms with van der Waals surface area (Å²) in [6, 6.07) is 6.63. The van der Waals surface area contributed by atoms with Gasteiger partial charge in [0.15, 0.2) is 0 Å². The fraction of sp³-hybridized carbons (Fsp3) is 0.615. The zero-order valence-corrected chi connectivity index (χ0v) is 21.3. The van der Waals surface area contributed by atoms with Gasteiger partial charge in [0, 0.05) is 63.7 Å². The lowest BCUT2D eigenvalue weighted by Crippen LogP contribution is -2.59. The Bertz CT molecular complexity index is 1160. The Morgan fingerprint density at radius 3 is 2.44 bits per heavy atom. The minimum Gasteiger partial charge on any atom is -0.465 e. The summed E-state index contributed by atoms with van der Waals surface area (Å²) in [5, 5.41) is 17.5. The molecular weight excluding hydrogens is 460 g/mol. The largest absolute Gasteiger partial charge is 0.465 e. The van der Waals surface area contributed by atoms with Crippen LogP contribution in [0.5, 0.6) is 0 Å². The van der Waals surface area contributed by atoms with Gasteiger partial charge in [-0.3, -0.25) is 24.5 Å². The standard InChI is InChI=1S/C26H36N6O4/c1-16-13-31(26(35)36)14-17(2)32(16)15-18-9-11-30(12-10-18)21-6-4-5-19-23(28-29(3)24(19)21)20-7-8-22(33)27-25(20)34/h4-6,16-18,20H,7-15H2,1-3H3,(H,35,36)(H,27,33,34)/t16-,17+,20?. The number of piperidine rings is 2. The Balaban J connectivity index is 1.28. The van der Waals surface area contributed by atoms with Crippen molar-refractivity contribution in [3.63, 3.8) is 0 Å². The van der Waals surface area contributed by atoms with E-state index in [1.54, 1.807) is 0 Å². The van der Waals surface area contributed by atoms with Crippen LogP contribution in [0, 0.1) is 5.92 Å².